The molecule has 0 atom stereocenters. The lowest BCUT2D eigenvalue weighted by molar-refractivity contribution is -0.384. The molecule has 1 aliphatic rings. The number of anilines is 1. The van der Waals surface area contributed by atoms with Crippen molar-refractivity contribution in [2.24, 2.45) is 0 Å². The molecule has 3 aromatic rings. The second-order valence-corrected chi connectivity index (χ2v) is 8.11. The Morgan fingerprint density at radius 3 is 2.82 bits per heavy atom. The van der Waals surface area contributed by atoms with Crippen LogP contribution in [0.5, 0.6) is 0 Å². The molecule has 0 spiro atoms. The van der Waals surface area contributed by atoms with E-state index >= 15 is 0 Å². The van der Waals surface area contributed by atoms with Crippen molar-refractivity contribution in [3.05, 3.63) is 61.0 Å². The highest BCUT2D eigenvalue weighted by Crippen LogP contribution is 2.33. The van der Waals surface area contributed by atoms with E-state index in [0.717, 1.165) is 27.3 Å². The topological polar surface area (TPSA) is 81.3 Å². The van der Waals surface area contributed by atoms with Crippen LogP contribution >= 0.6 is 11.3 Å². The number of allylic oxidation sites excluding steroid dienone is 1. The number of hydrogen-bond donors (Lipinski definition) is 0. The minimum atomic E-state index is -0.371. The van der Waals surface area contributed by atoms with E-state index in [-0.39, 0.29) is 16.2 Å². The second-order valence-electron chi connectivity index (χ2n) is 7.00. The average molecular weight is 396 g/mol. The summed E-state index contributed by atoms with van der Waals surface area (Å²) in [5, 5.41) is 12.1. The van der Waals surface area contributed by atoms with Crippen molar-refractivity contribution in [2.75, 3.05) is 19.0 Å². The molecule has 2 aromatic heterocycles. The van der Waals surface area contributed by atoms with Crippen LogP contribution in [-0.2, 0) is 13.0 Å². The fourth-order valence-electron chi connectivity index (χ4n) is 3.53. The first-order valence-electron chi connectivity index (χ1n) is 9.09. The van der Waals surface area contributed by atoms with Crippen molar-refractivity contribution < 1.29 is 4.92 Å². The van der Waals surface area contributed by atoms with Crippen LogP contribution in [0.1, 0.15) is 29.6 Å². The molecular formula is C20H20N4O3S. The SMILES string of the molecule is CCc1cc2c(=O)n3c(nc2s1)/C(=C/c1ccc(N(C)C)c([N+](=O)[O-])c1)CC3. The van der Waals surface area contributed by atoms with Crippen molar-refractivity contribution >= 4 is 44.6 Å². The van der Waals surface area contributed by atoms with Crippen molar-refractivity contribution in [3.8, 4) is 0 Å². The van der Waals surface area contributed by atoms with Gasteiger partial charge in [0.15, 0.2) is 0 Å². The molecule has 8 heteroatoms. The van der Waals surface area contributed by atoms with E-state index in [1.807, 2.05) is 18.2 Å². The summed E-state index contributed by atoms with van der Waals surface area (Å²) < 4.78 is 1.71. The maximum atomic E-state index is 12.8. The number of aromatic nitrogens is 2. The molecule has 0 saturated heterocycles. The van der Waals surface area contributed by atoms with Gasteiger partial charge in [-0.15, -0.1) is 11.3 Å². The highest BCUT2D eigenvalue weighted by atomic mass is 32.1. The van der Waals surface area contributed by atoms with Crippen molar-refractivity contribution in [1.29, 1.82) is 0 Å². The van der Waals surface area contributed by atoms with Crippen LogP contribution in [-0.4, -0.2) is 28.6 Å². The van der Waals surface area contributed by atoms with Gasteiger partial charge in [-0.1, -0.05) is 13.0 Å². The molecule has 0 saturated carbocycles. The van der Waals surface area contributed by atoms with Crippen LogP contribution < -0.4 is 10.5 Å². The number of rotatable bonds is 4. The highest BCUT2D eigenvalue weighted by molar-refractivity contribution is 7.18. The van der Waals surface area contributed by atoms with Crippen LogP contribution in [0.25, 0.3) is 21.9 Å². The van der Waals surface area contributed by atoms with Crippen molar-refractivity contribution in [2.45, 2.75) is 26.3 Å². The van der Waals surface area contributed by atoms with Gasteiger partial charge in [0.25, 0.3) is 11.2 Å². The Hall–Kier alpha value is -3.00. The molecule has 4 rings (SSSR count). The zero-order valence-corrected chi connectivity index (χ0v) is 16.7. The van der Waals surface area contributed by atoms with E-state index in [1.165, 1.54) is 0 Å². The summed E-state index contributed by atoms with van der Waals surface area (Å²) in [7, 11) is 3.56. The van der Waals surface area contributed by atoms with E-state index in [0.29, 0.717) is 29.9 Å². The number of aryl methyl sites for hydroxylation is 1. The monoisotopic (exact) mass is 396 g/mol. The molecule has 0 radical (unpaired) electrons. The third-order valence-electron chi connectivity index (χ3n) is 4.96. The molecule has 1 aliphatic heterocycles. The molecule has 0 aliphatic carbocycles. The molecule has 1 aromatic carbocycles. The molecule has 0 amide bonds. The summed E-state index contributed by atoms with van der Waals surface area (Å²) in [6.07, 6.45) is 3.46. The first-order chi connectivity index (χ1) is 13.4. The Morgan fingerprint density at radius 1 is 1.36 bits per heavy atom. The standard InChI is InChI=1S/C20H20N4O3S/c1-4-14-11-15-19(28-14)21-18-13(7-8-23(18)20(15)25)9-12-5-6-16(22(2)3)17(10-12)24(26)27/h5-6,9-11H,4,7-8H2,1-3H3/b13-9+. The number of nitro groups is 1. The van der Waals surface area contributed by atoms with E-state index in [4.69, 9.17) is 4.98 Å². The minimum Gasteiger partial charge on any atom is -0.372 e. The zero-order chi connectivity index (χ0) is 20.0. The number of nitro benzene ring substituents is 1. The van der Waals surface area contributed by atoms with Crippen LogP contribution in [0.2, 0.25) is 0 Å². The molecule has 28 heavy (non-hydrogen) atoms. The first-order valence-corrected chi connectivity index (χ1v) is 9.90. The predicted octanol–water partition coefficient (Wildman–Crippen LogP) is 3.94. The van der Waals surface area contributed by atoms with Crippen LogP contribution in [0.4, 0.5) is 11.4 Å². The number of fused-ring (bicyclic) bond motifs is 2. The summed E-state index contributed by atoms with van der Waals surface area (Å²) >= 11 is 1.55. The van der Waals surface area contributed by atoms with Gasteiger partial charge in [0.2, 0.25) is 0 Å². The summed E-state index contributed by atoms with van der Waals surface area (Å²) in [6, 6.07) is 7.11. The normalized spacial score (nSPS) is 14.6. The maximum Gasteiger partial charge on any atom is 0.293 e. The Labute approximate surface area is 165 Å². The van der Waals surface area contributed by atoms with Crippen LogP contribution in [0.3, 0.4) is 0 Å². The third kappa shape index (κ3) is 2.99. The second kappa shape index (κ2) is 6.87. The number of thiophene rings is 1. The lowest BCUT2D eigenvalue weighted by atomic mass is 10.1. The Bertz CT molecular complexity index is 1190. The fourth-order valence-corrected chi connectivity index (χ4v) is 4.49. The van der Waals surface area contributed by atoms with E-state index in [9.17, 15) is 14.9 Å². The fraction of sp³-hybridized carbons (Fsp3) is 0.300. The van der Waals surface area contributed by atoms with Crippen molar-refractivity contribution in [1.82, 2.24) is 9.55 Å². The van der Waals surface area contributed by atoms with Gasteiger partial charge in [-0.05, 0) is 42.2 Å². The zero-order valence-electron chi connectivity index (χ0n) is 15.9. The molecular weight excluding hydrogens is 376 g/mol. The van der Waals surface area contributed by atoms with Crippen LogP contribution in [0.15, 0.2) is 29.1 Å². The molecule has 0 fully saturated rings. The third-order valence-corrected chi connectivity index (χ3v) is 6.13. The molecule has 3 heterocycles. The summed E-state index contributed by atoms with van der Waals surface area (Å²) in [5.41, 5.74) is 2.27. The van der Waals surface area contributed by atoms with Gasteiger partial charge >= 0.3 is 0 Å². The molecule has 7 nitrogen and oxygen atoms in total. The summed E-state index contributed by atoms with van der Waals surface area (Å²) in [5.74, 6) is 0.668. The smallest absolute Gasteiger partial charge is 0.293 e. The Morgan fingerprint density at radius 2 is 2.14 bits per heavy atom. The van der Waals surface area contributed by atoms with Gasteiger partial charge in [0, 0.05) is 31.6 Å². The molecule has 0 bridgehead atoms. The van der Waals surface area contributed by atoms with Gasteiger partial charge in [0.05, 0.1) is 10.3 Å². The van der Waals surface area contributed by atoms with Gasteiger partial charge in [0.1, 0.15) is 16.3 Å². The summed E-state index contributed by atoms with van der Waals surface area (Å²) in [4.78, 5) is 32.2. The van der Waals surface area contributed by atoms with Gasteiger partial charge < -0.3 is 4.90 Å². The Balaban J connectivity index is 1.82. The predicted molar refractivity (Wildman–Crippen MR) is 113 cm³/mol. The summed E-state index contributed by atoms with van der Waals surface area (Å²) in [6.45, 7) is 2.64. The van der Waals surface area contributed by atoms with Gasteiger partial charge in [-0.3, -0.25) is 19.5 Å². The molecule has 0 N–H and O–H groups in total. The number of benzene rings is 1. The van der Waals surface area contributed by atoms with E-state index in [2.05, 4.69) is 6.92 Å². The lowest BCUT2D eigenvalue weighted by Crippen LogP contribution is -2.19. The van der Waals surface area contributed by atoms with E-state index < -0.39 is 0 Å². The van der Waals surface area contributed by atoms with Crippen molar-refractivity contribution in [3.63, 3.8) is 0 Å². The minimum absolute atomic E-state index is 0.00622. The van der Waals surface area contributed by atoms with Gasteiger partial charge in [-0.25, -0.2) is 4.98 Å². The lowest BCUT2D eigenvalue weighted by Gasteiger charge is -2.12. The highest BCUT2D eigenvalue weighted by Gasteiger charge is 2.23. The van der Waals surface area contributed by atoms with Crippen LogP contribution in [0, 0.1) is 10.1 Å². The first kappa shape index (κ1) is 18.4. The van der Waals surface area contributed by atoms with E-state index in [1.54, 1.807) is 47.0 Å². The molecule has 0 unspecified atom stereocenters. The number of nitrogens with zero attached hydrogens (tertiary/aromatic N) is 4. The quantitative estimate of drug-likeness (QED) is 0.493. The average Bonchev–Trinajstić information content (AvgIpc) is 3.26. The maximum absolute atomic E-state index is 12.8. The van der Waals surface area contributed by atoms with Gasteiger partial charge in [-0.2, -0.15) is 0 Å². The largest absolute Gasteiger partial charge is 0.372 e. The number of hydrogen-bond acceptors (Lipinski definition) is 6. The molecule has 144 valence electrons. The Kier molecular flexibility index (Phi) is 4.50.